The summed E-state index contributed by atoms with van der Waals surface area (Å²) in [6.45, 7) is 4.44. The summed E-state index contributed by atoms with van der Waals surface area (Å²) in [5, 5.41) is 31.1. The second kappa shape index (κ2) is 24.2. The highest BCUT2D eigenvalue weighted by Crippen LogP contribution is 2.50. The van der Waals surface area contributed by atoms with Gasteiger partial charge in [-0.3, -0.25) is 0 Å². The van der Waals surface area contributed by atoms with E-state index >= 15 is 0 Å². The van der Waals surface area contributed by atoms with Gasteiger partial charge in [-0.1, -0.05) is 208 Å². The fourth-order valence-corrected chi connectivity index (χ4v) is 15.7. The zero-order valence-electron chi connectivity index (χ0n) is 54.9. The summed E-state index contributed by atoms with van der Waals surface area (Å²) in [5.74, 6) is 1.33. The quantitative estimate of drug-likeness (QED) is 0.101. The highest BCUT2D eigenvalue weighted by molar-refractivity contribution is 6.12. The van der Waals surface area contributed by atoms with Crippen molar-refractivity contribution < 1.29 is 19.7 Å². The Bertz CT molecular complexity index is 5270. The molecule has 0 aliphatic carbocycles. The summed E-state index contributed by atoms with van der Waals surface area (Å²) in [7, 11) is 0. The lowest BCUT2D eigenvalue weighted by Crippen LogP contribution is -2.20. The molecule has 0 radical (unpaired) electrons. The van der Waals surface area contributed by atoms with Gasteiger partial charge in [-0.2, -0.15) is 0 Å². The second-order valence-corrected chi connectivity index (χ2v) is 26.3. The van der Waals surface area contributed by atoms with E-state index in [0.29, 0.717) is 11.5 Å². The summed E-state index contributed by atoms with van der Waals surface area (Å²) < 4.78 is 23.5. The van der Waals surface area contributed by atoms with Crippen LogP contribution in [-0.2, 0) is 5.41 Å². The molecule has 0 aliphatic rings. The predicted octanol–water partition coefficient (Wildman–Crippen LogP) is 21.8. The molecule has 0 amide bonds. The van der Waals surface area contributed by atoms with E-state index in [1.807, 2.05) is 0 Å². The van der Waals surface area contributed by atoms with Crippen molar-refractivity contribution in [3.05, 3.63) is 327 Å². The molecule has 2 N–H and O–H groups in total. The first-order valence-electron chi connectivity index (χ1n) is 34.0. The fourth-order valence-electron chi connectivity index (χ4n) is 15.7. The first-order valence-corrected chi connectivity index (χ1v) is 34.0. The number of benzene rings is 14. The summed E-state index contributed by atoms with van der Waals surface area (Å²) in [5.41, 5.74) is 21.6. The van der Waals surface area contributed by atoms with E-state index in [1.54, 1.807) is 0 Å². The zero-order chi connectivity index (χ0) is 66.3. The first-order chi connectivity index (χ1) is 48.8. The lowest BCUT2D eigenvalue weighted by Gasteiger charge is -2.31. The molecule has 8 heteroatoms. The van der Waals surface area contributed by atoms with Gasteiger partial charge in [-0.25, -0.2) is 0 Å². The molecular formula is C91H68N4O4. The fraction of sp³-hybridized carbons (Fsp3) is 0.0769. The zero-order valence-corrected chi connectivity index (χ0v) is 54.9. The number of fused-ring (bicyclic) bond motifs is 12. The Labute approximate surface area is 572 Å². The van der Waals surface area contributed by atoms with Crippen molar-refractivity contribution in [3.63, 3.8) is 0 Å². The van der Waals surface area contributed by atoms with Crippen molar-refractivity contribution in [2.75, 3.05) is 26.4 Å². The Morgan fingerprint density at radius 3 is 0.657 bits per heavy atom. The molecule has 4 heterocycles. The van der Waals surface area contributed by atoms with E-state index in [0.717, 1.165) is 123 Å². The Balaban J connectivity index is 0.895. The maximum atomic E-state index is 10.8. The number of ether oxygens (including phenoxy) is 2. The van der Waals surface area contributed by atoms with Gasteiger partial charge in [-0.05, 0) is 155 Å². The number of para-hydroxylation sites is 8. The van der Waals surface area contributed by atoms with Gasteiger partial charge in [0, 0.05) is 93.5 Å². The van der Waals surface area contributed by atoms with Crippen molar-refractivity contribution in [2.45, 2.75) is 19.3 Å². The average Bonchev–Trinajstić information content (AvgIpc) is 1.74. The van der Waals surface area contributed by atoms with E-state index in [2.05, 4.69) is 348 Å². The van der Waals surface area contributed by atoms with Crippen molar-refractivity contribution in [3.8, 4) is 78.8 Å². The van der Waals surface area contributed by atoms with Crippen LogP contribution in [0.15, 0.2) is 315 Å². The molecule has 18 rings (SSSR count). The van der Waals surface area contributed by atoms with Crippen LogP contribution in [0.4, 0.5) is 0 Å². The number of aromatic nitrogens is 4. The molecule has 0 spiro atoms. The monoisotopic (exact) mass is 1280 g/mol. The molecule has 0 atom stereocenters. The molecule has 0 aliphatic heterocycles. The second-order valence-electron chi connectivity index (χ2n) is 26.3. The number of nitrogens with zero attached hydrogens (tertiary/aromatic N) is 4. The van der Waals surface area contributed by atoms with Crippen molar-refractivity contribution in [1.29, 1.82) is 0 Å². The third-order valence-electron chi connectivity index (χ3n) is 20.3. The van der Waals surface area contributed by atoms with E-state index in [9.17, 15) is 10.2 Å². The number of aliphatic hydroxyl groups excluding tert-OH is 2. The molecule has 0 fully saturated rings. The average molecular weight is 1280 g/mol. The van der Waals surface area contributed by atoms with Crippen LogP contribution in [0, 0.1) is 0 Å². The Kier molecular flexibility index (Phi) is 14.5. The molecule has 99 heavy (non-hydrogen) atoms. The number of hydrogen-bond acceptors (Lipinski definition) is 4. The third kappa shape index (κ3) is 9.81. The van der Waals surface area contributed by atoms with Crippen LogP contribution in [0.2, 0.25) is 0 Å². The van der Waals surface area contributed by atoms with Crippen LogP contribution in [0.3, 0.4) is 0 Å². The van der Waals surface area contributed by atoms with Crippen LogP contribution < -0.4 is 9.47 Å². The summed E-state index contributed by atoms with van der Waals surface area (Å²) >= 11 is 0. The molecule has 0 saturated heterocycles. The molecule has 18 aromatic rings. The van der Waals surface area contributed by atoms with Gasteiger partial charge < -0.3 is 38.0 Å². The maximum absolute atomic E-state index is 10.8. The first kappa shape index (κ1) is 59.3. The van der Waals surface area contributed by atoms with Gasteiger partial charge in [0.15, 0.2) is 0 Å². The minimum Gasteiger partial charge on any atom is -0.490 e. The van der Waals surface area contributed by atoms with Gasteiger partial charge in [0.1, 0.15) is 24.7 Å². The highest BCUT2D eigenvalue weighted by Gasteiger charge is 2.31. The van der Waals surface area contributed by atoms with Crippen LogP contribution in [0.5, 0.6) is 11.5 Å². The molecule has 14 aromatic carbocycles. The lowest BCUT2D eigenvalue weighted by atomic mass is 9.74. The summed E-state index contributed by atoms with van der Waals surface area (Å²) in [4.78, 5) is 0. The van der Waals surface area contributed by atoms with Crippen molar-refractivity contribution >= 4 is 87.2 Å². The molecule has 0 saturated carbocycles. The van der Waals surface area contributed by atoms with Crippen molar-refractivity contribution in [2.24, 2.45) is 0 Å². The third-order valence-corrected chi connectivity index (χ3v) is 20.3. The molecular weight excluding hydrogens is 1210 g/mol. The van der Waals surface area contributed by atoms with Crippen LogP contribution in [0.25, 0.3) is 154 Å². The van der Waals surface area contributed by atoms with Crippen molar-refractivity contribution in [1.82, 2.24) is 18.3 Å². The highest BCUT2D eigenvalue weighted by atomic mass is 16.5. The molecule has 476 valence electrons. The Morgan fingerprint density at radius 2 is 0.455 bits per heavy atom. The number of hydrogen-bond donors (Lipinski definition) is 2. The molecule has 8 nitrogen and oxygen atoms in total. The maximum Gasteiger partial charge on any atom is 0.135 e. The minimum absolute atomic E-state index is 0.0746. The van der Waals surface area contributed by atoms with Gasteiger partial charge in [0.2, 0.25) is 0 Å². The summed E-state index contributed by atoms with van der Waals surface area (Å²) in [6, 6.07) is 114. The standard InChI is InChI=1S/C91H68N4O4/c1-91(2,63-55-77(59-23-19-27-65(51-59)92-81-39-11-3-31-69(81)70-32-4-12-40-82(70)92)89(98-49-47-96)78(56-63)60-24-20-28-66(52-60)93-83-41-13-5-33-71(83)72-34-6-14-42-84(72)93)64-57-79(61-25-21-29-67(53-61)94-85-43-15-7-35-73(85)74-36-8-16-44-86(74)94)90(99-50-48-97)80(58-64)62-26-22-30-68(54-62)95-87-45-17-9-37-75(87)76-38-10-18-46-88(76)95/h3-46,51-58,96-97H,47-50H2,1-2H3. The van der Waals surface area contributed by atoms with E-state index in [4.69, 9.17) is 9.47 Å². The van der Waals surface area contributed by atoms with Crippen LogP contribution in [-0.4, -0.2) is 54.9 Å². The number of aliphatic hydroxyl groups is 2. The SMILES string of the molecule is CC(C)(c1cc(-c2cccc(-n3c4ccccc4c4ccccc43)c2)c(OCCO)c(-c2cccc(-n3c4ccccc4c4ccccc43)c2)c1)c1cc(-c2cccc(-n3c4ccccc4c4ccccc43)c2)c(OCCO)c(-c2cccc(-n3c4ccccc4c4ccccc43)c2)c1. The minimum atomic E-state index is -0.762. The van der Waals surface area contributed by atoms with Gasteiger partial charge in [0.05, 0.1) is 57.3 Å². The molecule has 0 bridgehead atoms. The topological polar surface area (TPSA) is 78.6 Å². The largest absolute Gasteiger partial charge is 0.490 e. The Hall–Kier alpha value is -12.2. The van der Waals surface area contributed by atoms with E-state index in [-0.39, 0.29) is 26.4 Å². The smallest absolute Gasteiger partial charge is 0.135 e. The van der Waals surface area contributed by atoms with Crippen LogP contribution >= 0.6 is 0 Å². The van der Waals surface area contributed by atoms with E-state index < -0.39 is 5.41 Å². The molecule has 0 unspecified atom stereocenters. The van der Waals surface area contributed by atoms with Gasteiger partial charge >= 0.3 is 0 Å². The van der Waals surface area contributed by atoms with Crippen LogP contribution in [0.1, 0.15) is 25.0 Å². The predicted molar refractivity (Wildman–Crippen MR) is 409 cm³/mol. The van der Waals surface area contributed by atoms with E-state index in [1.165, 1.54) is 43.1 Å². The van der Waals surface area contributed by atoms with Gasteiger partial charge in [-0.15, -0.1) is 0 Å². The van der Waals surface area contributed by atoms with Gasteiger partial charge in [0.25, 0.3) is 0 Å². The summed E-state index contributed by atoms with van der Waals surface area (Å²) in [6.07, 6.45) is 0. The Morgan fingerprint density at radius 1 is 0.253 bits per heavy atom. The molecule has 4 aromatic heterocycles. The lowest BCUT2D eigenvalue weighted by molar-refractivity contribution is 0.202. The normalized spacial score (nSPS) is 12.0. The number of rotatable bonds is 16.